The summed E-state index contributed by atoms with van der Waals surface area (Å²) in [6.45, 7) is 1.70. The number of amides is 1. The van der Waals surface area contributed by atoms with Gasteiger partial charge in [-0.3, -0.25) is 4.79 Å². The van der Waals surface area contributed by atoms with Crippen LogP contribution in [0, 0.1) is 11.6 Å². The topological polar surface area (TPSA) is 59.8 Å². The highest BCUT2D eigenvalue weighted by Crippen LogP contribution is 2.26. The fourth-order valence-electron chi connectivity index (χ4n) is 2.28. The van der Waals surface area contributed by atoms with E-state index >= 15 is 0 Å². The van der Waals surface area contributed by atoms with Gasteiger partial charge in [-0.1, -0.05) is 23.9 Å². The number of nitrogens with one attached hydrogen (secondary N) is 1. The Hall–Kier alpha value is -2.74. The van der Waals surface area contributed by atoms with Crippen molar-refractivity contribution in [3.05, 3.63) is 60.2 Å². The standard InChI is InChI=1S/C18H16F2N4OS/c1-11(17(25)21-15-6-4-3-5-14(15)20)26-18-23-22-16(24(18)2)12-7-9-13(19)10-8-12/h3-11H,1-2H3,(H,21,25)/t11-/m1/s1. The van der Waals surface area contributed by atoms with Crippen LogP contribution in [0.25, 0.3) is 11.4 Å². The Morgan fingerprint density at radius 1 is 1.12 bits per heavy atom. The van der Waals surface area contributed by atoms with Gasteiger partial charge in [0.25, 0.3) is 0 Å². The summed E-state index contributed by atoms with van der Waals surface area (Å²) in [6, 6.07) is 11.9. The van der Waals surface area contributed by atoms with Gasteiger partial charge >= 0.3 is 0 Å². The van der Waals surface area contributed by atoms with E-state index in [0.29, 0.717) is 11.0 Å². The number of para-hydroxylation sites is 1. The number of hydrogen-bond donors (Lipinski definition) is 1. The molecule has 134 valence electrons. The van der Waals surface area contributed by atoms with E-state index in [1.165, 1.54) is 36.0 Å². The molecule has 0 aliphatic heterocycles. The first-order chi connectivity index (χ1) is 12.5. The zero-order valence-corrected chi connectivity index (χ0v) is 14.9. The van der Waals surface area contributed by atoms with E-state index in [2.05, 4.69) is 15.5 Å². The summed E-state index contributed by atoms with van der Waals surface area (Å²) >= 11 is 1.20. The normalized spacial score (nSPS) is 12.0. The molecule has 0 spiro atoms. The van der Waals surface area contributed by atoms with Gasteiger partial charge in [0.2, 0.25) is 5.91 Å². The third-order valence-corrected chi connectivity index (χ3v) is 4.85. The van der Waals surface area contributed by atoms with Gasteiger partial charge in [0, 0.05) is 12.6 Å². The minimum absolute atomic E-state index is 0.134. The van der Waals surface area contributed by atoms with Crippen molar-refractivity contribution >= 4 is 23.4 Å². The van der Waals surface area contributed by atoms with Crippen molar-refractivity contribution in [2.24, 2.45) is 7.05 Å². The number of carbonyl (C=O) groups is 1. The molecule has 0 radical (unpaired) electrons. The molecule has 3 rings (SSSR count). The molecule has 1 N–H and O–H groups in total. The Labute approximate surface area is 153 Å². The molecule has 0 fully saturated rings. The molecule has 1 atom stereocenters. The molecule has 3 aromatic rings. The van der Waals surface area contributed by atoms with Crippen molar-refractivity contribution < 1.29 is 13.6 Å². The van der Waals surface area contributed by atoms with Gasteiger partial charge in [-0.25, -0.2) is 8.78 Å². The zero-order chi connectivity index (χ0) is 18.7. The Morgan fingerprint density at radius 2 is 1.81 bits per heavy atom. The number of carbonyl (C=O) groups excluding carboxylic acids is 1. The lowest BCUT2D eigenvalue weighted by Gasteiger charge is -2.12. The van der Waals surface area contributed by atoms with Crippen LogP contribution in [0.5, 0.6) is 0 Å². The van der Waals surface area contributed by atoms with E-state index in [0.717, 1.165) is 5.56 Å². The molecule has 1 heterocycles. The van der Waals surface area contributed by atoms with Gasteiger partial charge in [-0.05, 0) is 43.3 Å². The van der Waals surface area contributed by atoms with Crippen molar-refractivity contribution in [1.82, 2.24) is 14.8 Å². The Balaban J connectivity index is 1.71. The number of aromatic nitrogens is 3. The van der Waals surface area contributed by atoms with E-state index in [1.54, 1.807) is 42.8 Å². The minimum atomic E-state index is -0.515. The largest absolute Gasteiger partial charge is 0.323 e. The van der Waals surface area contributed by atoms with Gasteiger partial charge < -0.3 is 9.88 Å². The fraction of sp³-hybridized carbons (Fsp3) is 0.167. The summed E-state index contributed by atoms with van der Waals surface area (Å²) in [5.74, 6) is -0.597. The van der Waals surface area contributed by atoms with Crippen LogP contribution in [0.3, 0.4) is 0 Å². The quantitative estimate of drug-likeness (QED) is 0.689. The predicted octanol–water partition coefficient (Wildman–Crippen LogP) is 3.88. The summed E-state index contributed by atoms with van der Waals surface area (Å²) in [5.41, 5.74) is 0.853. The predicted molar refractivity (Wildman–Crippen MR) is 96.7 cm³/mol. The second-order valence-corrected chi connectivity index (χ2v) is 6.91. The number of thioether (sulfide) groups is 1. The molecule has 0 bridgehead atoms. The van der Waals surface area contributed by atoms with Crippen LogP contribution in [-0.2, 0) is 11.8 Å². The Kier molecular flexibility index (Phi) is 5.32. The minimum Gasteiger partial charge on any atom is -0.323 e. The summed E-state index contributed by atoms with van der Waals surface area (Å²) in [4.78, 5) is 12.3. The lowest BCUT2D eigenvalue weighted by molar-refractivity contribution is -0.115. The monoisotopic (exact) mass is 374 g/mol. The van der Waals surface area contributed by atoms with E-state index in [9.17, 15) is 13.6 Å². The lowest BCUT2D eigenvalue weighted by atomic mass is 10.2. The number of benzene rings is 2. The highest BCUT2D eigenvalue weighted by Gasteiger charge is 2.20. The average Bonchev–Trinajstić information content (AvgIpc) is 2.98. The van der Waals surface area contributed by atoms with E-state index < -0.39 is 11.1 Å². The highest BCUT2D eigenvalue weighted by atomic mass is 32.2. The number of nitrogens with zero attached hydrogens (tertiary/aromatic N) is 3. The maximum absolute atomic E-state index is 13.6. The van der Waals surface area contributed by atoms with Gasteiger partial charge in [-0.2, -0.15) is 0 Å². The number of anilines is 1. The third kappa shape index (κ3) is 3.91. The summed E-state index contributed by atoms with van der Waals surface area (Å²) in [7, 11) is 1.77. The number of hydrogen-bond acceptors (Lipinski definition) is 4. The summed E-state index contributed by atoms with van der Waals surface area (Å²) < 4.78 is 28.4. The molecule has 2 aromatic carbocycles. The van der Waals surface area contributed by atoms with E-state index in [1.807, 2.05) is 0 Å². The van der Waals surface area contributed by atoms with Crippen LogP contribution in [0.15, 0.2) is 53.7 Å². The van der Waals surface area contributed by atoms with Crippen LogP contribution in [-0.4, -0.2) is 25.9 Å². The first-order valence-electron chi connectivity index (χ1n) is 7.83. The second kappa shape index (κ2) is 7.65. The lowest BCUT2D eigenvalue weighted by Crippen LogP contribution is -2.23. The SMILES string of the molecule is C[C@@H](Sc1nnc(-c2ccc(F)cc2)n1C)C(=O)Nc1ccccc1F. The van der Waals surface area contributed by atoms with Crippen LogP contribution in [0.2, 0.25) is 0 Å². The maximum Gasteiger partial charge on any atom is 0.237 e. The van der Waals surface area contributed by atoms with Gasteiger partial charge in [-0.15, -0.1) is 10.2 Å². The third-order valence-electron chi connectivity index (χ3n) is 3.72. The Morgan fingerprint density at radius 3 is 2.50 bits per heavy atom. The van der Waals surface area contributed by atoms with Crippen molar-refractivity contribution in [1.29, 1.82) is 0 Å². The molecule has 5 nitrogen and oxygen atoms in total. The van der Waals surface area contributed by atoms with Crippen molar-refractivity contribution in [3.8, 4) is 11.4 Å². The molecular weight excluding hydrogens is 358 g/mol. The molecule has 0 aliphatic carbocycles. The smallest absolute Gasteiger partial charge is 0.237 e. The zero-order valence-electron chi connectivity index (χ0n) is 14.1. The molecule has 1 aromatic heterocycles. The second-order valence-electron chi connectivity index (χ2n) is 5.60. The van der Waals surface area contributed by atoms with Gasteiger partial charge in [0.15, 0.2) is 11.0 Å². The Bertz CT molecular complexity index is 927. The molecule has 0 aliphatic rings. The summed E-state index contributed by atoms with van der Waals surface area (Å²) in [6.07, 6.45) is 0. The van der Waals surface area contributed by atoms with Crippen molar-refractivity contribution in [2.45, 2.75) is 17.3 Å². The van der Waals surface area contributed by atoms with Gasteiger partial charge in [0.05, 0.1) is 10.9 Å². The fourth-order valence-corrected chi connectivity index (χ4v) is 3.09. The molecular formula is C18H16F2N4OS. The van der Waals surface area contributed by atoms with E-state index in [4.69, 9.17) is 0 Å². The molecule has 0 unspecified atom stereocenters. The average molecular weight is 374 g/mol. The first kappa shape index (κ1) is 18.1. The van der Waals surface area contributed by atoms with Crippen LogP contribution < -0.4 is 5.32 Å². The summed E-state index contributed by atoms with van der Waals surface area (Å²) in [5, 5.41) is 10.8. The maximum atomic E-state index is 13.6. The molecule has 0 saturated carbocycles. The number of halogens is 2. The molecule has 0 saturated heterocycles. The van der Waals surface area contributed by atoms with Gasteiger partial charge in [0.1, 0.15) is 11.6 Å². The van der Waals surface area contributed by atoms with E-state index in [-0.39, 0.29) is 17.4 Å². The van der Waals surface area contributed by atoms with Crippen molar-refractivity contribution in [3.63, 3.8) is 0 Å². The van der Waals surface area contributed by atoms with Crippen LogP contribution in [0.1, 0.15) is 6.92 Å². The first-order valence-corrected chi connectivity index (χ1v) is 8.71. The van der Waals surface area contributed by atoms with Crippen LogP contribution >= 0.6 is 11.8 Å². The number of rotatable bonds is 5. The molecule has 1 amide bonds. The highest BCUT2D eigenvalue weighted by molar-refractivity contribution is 8.00. The van der Waals surface area contributed by atoms with Crippen molar-refractivity contribution in [2.75, 3.05) is 5.32 Å². The van der Waals surface area contributed by atoms with Crippen LogP contribution in [0.4, 0.5) is 14.5 Å². The molecule has 26 heavy (non-hydrogen) atoms. The molecule has 8 heteroatoms.